The van der Waals surface area contributed by atoms with Crippen molar-refractivity contribution in [3.05, 3.63) is 12.7 Å². The molecule has 0 bridgehead atoms. The molecule has 0 spiro atoms. The number of nitrogens with one attached hydrogen (secondary N) is 1. The molecule has 0 aromatic heterocycles. The Balaban J connectivity index is 0. The van der Waals surface area contributed by atoms with Crippen molar-refractivity contribution in [3.8, 4) is 0 Å². The number of quaternary nitrogens is 1. The van der Waals surface area contributed by atoms with Gasteiger partial charge in [-0.3, -0.25) is 4.79 Å². The predicted molar refractivity (Wildman–Crippen MR) is 64.6 cm³/mol. The van der Waals surface area contributed by atoms with Gasteiger partial charge in [-0.15, -0.1) is 0 Å². The number of amides is 1. The molecular formula is C12H25BrN2O. The lowest BCUT2D eigenvalue weighted by molar-refractivity contribution is -0.923. The van der Waals surface area contributed by atoms with E-state index in [9.17, 15) is 4.79 Å². The number of nitrogens with zero attached hydrogens (tertiary/aromatic N) is 1. The summed E-state index contributed by atoms with van der Waals surface area (Å²) in [6.45, 7) is 15.5. The van der Waals surface area contributed by atoms with Gasteiger partial charge in [-0.1, -0.05) is 6.58 Å². The smallest absolute Gasteiger partial charge is 0.243 e. The minimum Gasteiger partial charge on any atom is -1.00 e. The normalized spacial score (nSPS) is 10.4. The Morgan fingerprint density at radius 2 is 1.75 bits per heavy atom. The summed E-state index contributed by atoms with van der Waals surface area (Å²) >= 11 is 0. The lowest BCUT2D eigenvalue weighted by Gasteiger charge is -2.35. The van der Waals surface area contributed by atoms with Crippen molar-refractivity contribution in [2.24, 2.45) is 0 Å². The minimum atomic E-state index is -0.0717. The standard InChI is InChI=1S/C12H24N2O.BrH/c1-5-12(15)13-10-9-11-14(6-2,7-3)8-4;/h5H,1,6-11H2,2-4H3;1H. The summed E-state index contributed by atoms with van der Waals surface area (Å²) in [5, 5.41) is 2.81. The molecule has 0 aliphatic carbocycles. The molecule has 0 radical (unpaired) electrons. The topological polar surface area (TPSA) is 29.1 Å². The average Bonchev–Trinajstić information content (AvgIpc) is 2.30. The lowest BCUT2D eigenvalue weighted by atomic mass is 10.3. The van der Waals surface area contributed by atoms with Crippen LogP contribution in [0.5, 0.6) is 0 Å². The molecule has 0 aromatic carbocycles. The van der Waals surface area contributed by atoms with Crippen LogP contribution in [0, 0.1) is 0 Å². The van der Waals surface area contributed by atoms with Crippen molar-refractivity contribution < 1.29 is 26.3 Å². The maximum atomic E-state index is 10.9. The number of carbonyl (C=O) groups excluding carboxylic acids is 1. The van der Waals surface area contributed by atoms with Gasteiger partial charge < -0.3 is 26.8 Å². The Kier molecular flexibility index (Phi) is 11.1. The first-order chi connectivity index (χ1) is 7.14. The van der Waals surface area contributed by atoms with Crippen molar-refractivity contribution >= 4 is 5.91 Å². The summed E-state index contributed by atoms with van der Waals surface area (Å²) in [6, 6.07) is 0. The van der Waals surface area contributed by atoms with Crippen LogP contribution in [0.4, 0.5) is 0 Å². The number of rotatable bonds is 8. The Labute approximate surface area is 110 Å². The van der Waals surface area contributed by atoms with Gasteiger partial charge in [0.1, 0.15) is 0 Å². The van der Waals surface area contributed by atoms with E-state index in [0.717, 1.165) is 24.0 Å². The lowest BCUT2D eigenvalue weighted by Crippen LogP contribution is -3.00. The summed E-state index contributed by atoms with van der Waals surface area (Å²) in [4.78, 5) is 10.9. The van der Waals surface area contributed by atoms with Gasteiger partial charge in [0.05, 0.1) is 26.2 Å². The second-order valence-corrected chi connectivity index (χ2v) is 3.86. The molecule has 0 aliphatic heterocycles. The van der Waals surface area contributed by atoms with Gasteiger partial charge in [0.15, 0.2) is 0 Å². The molecule has 0 fully saturated rings. The van der Waals surface area contributed by atoms with Crippen molar-refractivity contribution in [2.75, 3.05) is 32.7 Å². The molecule has 0 aliphatic rings. The summed E-state index contributed by atoms with van der Waals surface area (Å²) in [5.74, 6) is -0.0717. The first-order valence-corrected chi connectivity index (χ1v) is 5.89. The fourth-order valence-electron chi connectivity index (χ4n) is 1.84. The first-order valence-electron chi connectivity index (χ1n) is 5.89. The Hall–Kier alpha value is -0.350. The summed E-state index contributed by atoms with van der Waals surface area (Å²) in [6.07, 6.45) is 2.36. The Bertz CT molecular complexity index is 195. The molecule has 0 saturated heterocycles. The third-order valence-corrected chi connectivity index (χ3v) is 3.31. The van der Waals surface area contributed by atoms with Crippen LogP contribution >= 0.6 is 0 Å². The molecule has 0 rings (SSSR count). The van der Waals surface area contributed by atoms with E-state index in [2.05, 4.69) is 32.7 Å². The van der Waals surface area contributed by atoms with Gasteiger partial charge in [-0.05, 0) is 26.8 Å². The minimum absolute atomic E-state index is 0. The summed E-state index contributed by atoms with van der Waals surface area (Å²) in [7, 11) is 0. The molecule has 1 N–H and O–H groups in total. The van der Waals surface area contributed by atoms with Gasteiger partial charge in [0.2, 0.25) is 5.91 Å². The Morgan fingerprint density at radius 3 is 2.12 bits per heavy atom. The zero-order valence-electron chi connectivity index (χ0n) is 10.8. The maximum Gasteiger partial charge on any atom is 0.243 e. The largest absolute Gasteiger partial charge is 1.00 e. The van der Waals surface area contributed by atoms with Crippen molar-refractivity contribution in [2.45, 2.75) is 27.2 Å². The number of halogens is 1. The van der Waals surface area contributed by atoms with E-state index >= 15 is 0 Å². The van der Waals surface area contributed by atoms with E-state index in [1.165, 1.54) is 25.7 Å². The number of hydrogen-bond donors (Lipinski definition) is 1. The van der Waals surface area contributed by atoms with E-state index in [4.69, 9.17) is 0 Å². The van der Waals surface area contributed by atoms with Gasteiger partial charge >= 0.3 is 0 Å². The maximum absolute atomic E-state index is 10.9. The third-order valence-electron chi connectivity index (χ3n) is 3.31. The fraction of sp³-hybridized carbons (Fsp3) is 0.750. The predicted octanol–water partition coefficient (Wildman–Crippen LogP) is -1.44. The van der Waals surface area contributed by atoms with Crippen molar-refractivity contribution in [1.82, 2.24) is 5.32 Å². The molecule has 0 heterocycles. The van der Waals surface area contributed by atoms with Crippen LogP contribution in [-0.2, 0) is 4.79 Å². The molecule has 96 valence electrons. The van der Waals surface area contributed by atoms with Gasteiger partial charge in [-0.25, -0.2) is 0 Å². The quantitative estimate of drug-likeness (QED) is 0.331. The van der Waals surface area contributed by atoms with E-state index in [1.54, 1.807) is 0 Å². The van der Waals surface area contributed by atoms with Crippen LogP contribution in [0.25, 0.3) is 0 Å². The molecule has 0 saturated carbocycles. The van der Waals surface area contributed by atoms with E-state index in [0.29, 0.717) is 0 Å². The molecule has 1 amide bonds. The molecular weight excluding hydrogens is 268 g/mol. The Morgan fingerprint density at radius 1 is 1.25 bits per heavy atom. The zero-order valence-corrected chi connectivity index (χ0v) is 12.3. The number of hydrogen-bond acceptors (Lipinski definition) is 1. The number of carbonyl (C=O) groups is 1. The van der Waals surface area contributed by atoms with Crippen LogP contribution in [0.15, 0.2) is 12.7 Å². The molecule has 3 nitrogen and oxygen atoms in total. The van der Waals surface area contributed by atoms with Crippen LogP contribution < -0.4 is 22.3 Å². The van der Waals surface area contributed by atoms with Crippen molar-refractivity contribution in [3.63, 3.8) is 0 Å². The first kappa shape index (κ1) is 18.0. The van der Waals surface area contributed by atoms with Crippen LogP contribution in [0.2, 0.25) is 0 Å². The molecule has 0 aromatic rings. The van der Waals surface area contributed by atoms with Crippen LogP contribution in [-0.4, -0.2) is 43.1 Å². The molecule has 4 heteroatoms. The molecule has 0 atom stereocenters. The van der Waals surface area contributed by atoms with E-state index < -0.39 is 0 Å². The van der Waals surface area contributed by atoms with Crippen LogP contribution in [0.3, 0.4) is 0 Å². The van der Waals surface area contributed by atoms with E-state index in [-0.39, 0.29) is 22.9 Å². The molecule has 16 heavy (non-hydrogen) atoms. The zero-order chi connectivity index (χ0) is 11.7. The van der Waals surface area contributed by atoms with Crippen LogP contribution in [0.1, 0.15) is 27.2 Å². The molecule has 0 unspecified atom stereocenters. The van der Waals surface area contributed by atoms with Gasteiger partial charge in [0.25, 0.3) is 0 Å². The fourth-order valence-corrected chi connectivity index (χ4v) is 1.84. The van der Waals surface area contributed by atoms with Gasteiger partial charge in [-0.2, -0.15) is 0 Å². The summed E-state index contributed by atoms with van der Waals surface area (Å²) in [5.41, 5.74) is 0. The highest BCUT2D eigenvalue weighted by atomic mass is 79.9. The van der Waals surface area contributed by atoms with Gasteiger partial charge in [0, 0.05) is 13.0 Å². The second-order valence-electron chi connectivity index (χ2n) is 3.86. The highest BCUT2D eigenvalue weighted by Gasteiger charge is 2.19. The highest BCUT2D eigenvalue weighted by Crippen LogP contribution is 2.06. The van der Waals surface area contributed by atoms with E-state index in [1.807, 2.05) is 0 Å². The highest BCUT2D eigenvalue weighted by molar-refractivity contribution is 5.86. The SMILES string of the molecule is C=CC(=O)NCCC[N+](CC)(CC)CC.[Br-]. The third kappa shape index (κ3) is 6.28. The van der Waals surface area contributed by atoms with Crippen molar-refractivity contribution in [1.29, 1.82) is 0 Å². The monoisotopic (exact) mass is 292 g/mol. The summed E-state index contributed by atoms with van der Waals surface area (Å²) < 4.78 is 1.14. The second kappa shape index (κ2) is 9.85. The average molecular weight is 293 g/mol.